The lowest BCUT2D eigenvalue weighted by Crippen LogP contribution is -2.50. The highest BCUT2D eigenvalue weighted by Crippen LogP contribution is 2.33. The third-order valence-electron chi connectivity index (χ3n) is 3.96. The van der Waals surface area contributed by atoms with Crippen LogP contribution in [0.2, 0.25) is 0 Å². The van der Waals surface area contributed by atoms with E-state index in [9.17, 15) is 4.79 Å². The molecule has 0 radical (unpaired) electrons. The van der Waals surface area contributed by atoms with Crippen LogP contribution in [0.5, 0.6) is 11.5 Å². The Bertz CT molecular complexity index is 512. The Labute approximate surface area is 118 Å². The highest BCUT2D eigenvalue weighted by molar-refractivity contribution is 5.92. The van der Waals surface area contributed by atoms with Crippen LogP contribution in [0.3, 0.4) is 0 Å². The Hall–Kier alpha value is -1.75. The fraction of sp³-hybridized carbons (Fsp3) is 0.533. The summed E-state index contributed by atoms with van der Waals surface area (Å²) in [5.41, 5.74) is 0.879. The van der Waals surface area contributed by atoms with E-state index in [0.717, 1.165) is 24.3 Å². The number of hydrogen-bond donors (Lipinski definition) is 2. The van der Waals surface area contributed by atoms with Gasteiger partial charge in [-0.2, -0.15) is 0 Å². The van der Waals surface area contributed by atoms with Crippen molar-refractivity contribution in [2.45, 2.75) is 31.7 Å². The molecule has 20 heavy (non-hydrogen) atoms. The third-order valence-corrected chi connectivity index (χ3v) is 3.96. The standard InChI is InChI=1S/C15H20N2O3/c1-15(5-2-6-15)16-10-14(18)17-11-3-4-12-13(9-11)20-8-7-19-12/h3-4,9,16H,2,5-8,10H2,1H3,(H,17,18). The quantitative estimate of drug-likeness (QED) is 0.882. The lowest BCUT2D eigenvalue weighted by atomic mass is 9.78. The molecule has 3 rings (SSSR count). The SMILES string of the molecule is CC1(NCC(=O)Nc2ccc3c(c2)OCCO3)CCC1. The van der Waals surface area contributed by atoms with Crippen molar-refractivity contribution >= 4 is 11.6 Å². The van der Waals surface area contributed by atoms with Crippen LogP contribution in [0.4, 0.5) is 5.69 Å². The van der Waals surface area contributed by atoms with Crippen molar-refractivity contribution in [2.75, 3.05) is 25.1 Å². The number of benzene rings is 1. The van der Waals surface area contributed by atoms with Crippen LogP contribution in [0.1, 0.15) is 26.2 Å². The largest absolute Gasteiger partial charge is 0.486 e. The van der Waals surface area contributed by atoms with Crippen LogP contribution in [0.25, 0.3) is 0 Å². The summed E-state index contributed by atoms with van der Waals surface area (Å²) >= 11 is 0. The average molecular weight is 276 g/mol. The smallest absolute Gasteiger partial charge is 0.238 e. The molecule has 1 amide bonds. The maximum atomic E-state index is 11.9. The van der Waals surface area contributed by atoms with Gasteiger partial charge in [0.2, 0.25) is 5.91 Å². The fourth-order valence-corrected chi connectivity index (χ4v) is 2.50. The zero-order chi connectivity index (χ0) is 14.0. The molecule has 0 bridgehead atoms. The summed E-state index contributed by atoms with van der Waals surface area (Å²) in [7, 11) is 0. The summed E-state index contributed by atoms with van der Waals surface area (Å²) in [6.45, 7) is 3.62. The van der Waals surface area contributed by atoms with Gasteiger partial charge < -0.3 is 20.1 Å². The molecule has 1 aliphatic carbocycles. The van der Waals surface area contributed by atoms with Crippen molar-refractivity contribution in [2.24, 2.45) is 0 Å². The molecule has 0 aromatic heterocycles. The number of amides is 1. The second kappa shape index (κ2) is 5.32. The number of carbonyl (C=O) groups excluding carboxylic acids is 1. The van der Waals surface area contributed by atoms with Gasteiger partial charge in [-0.3, -0.25) is 4.79 Å². The van der Waals surface area contributed by atoms with Crippen molar-refractivity contribution in [3.63, 3.8) is 0 Å². The second-order valence-electron chi connectivity index (χ2n) is 5.67. The fourth-order valence-electron chi connectivity index (χ4n) is 2.50. The highest BCUT2D eigenvalue weighted by Gasteiger charge is 2.31. The molecule has 1 saturated carbocycles. The number of hydrogen-bond acceptors (Lipinski definition) is 4. The van der Waals surface area contributed by atoms with Gasteiger partial charge in [0.15, 0.2) is 11.5 Å². The van der Waals surface area contributed by atoms with E-state index in [2.05, 4.69) is 17.6 Å². The first kappa shape index (κ1) is 13.2. The third kappa shape index (κ3) is 2.88. The Balaban J connectivity index is 1.55. The first-order valence-corrected chi connectivity index (χ1v) is 7.09. The number of anilines is 1. The maximum Gasteiger partial charge on any atom is 0.238 e. The van der Waals surface area contributed by atoms with Crippen molar-refractivity contribution in [1.82, 2.24) is 5.32 Å². The van der Waals surface area contributed by atoms with Gasteiger partial charge in [0.1, 0.15) is 13.2 Å². The summed E-state index contributed by atoms with van der Waals surface area (Å²) in [6, 6.07) is 5.46. The van der Waals surface area contributed by atoms with E-state index in [4.69, 9.17) is 9.47 Å². The molecule has 1 aromatic rings. The van der Waals surface area contributed by atoms with Crippen LogP contribution in [-0.2, 0) is 4.79 Å². The molecule has 1 aliphatic heterocycles. The molecule has 108 valence electrons. The van der Waals surface area contributed by atoms with Gasteiger partial charge in [-0.1, -0.05) is 0 Å². The van der Waals surface area contributed by atoms with Crippen molar-refractivity contribution in [1.29, 1.82) is 0 Å². The van der Waals surface area contributed by atoms with Crippen LogP contribution in [0.15, 0.2) is 18.2 Å². The van der Waals surface area contributed by atoms with E-state index < -0.39 is 0 Å². The zero-order valence-electron chi connectivity index (χ0n) is 11.7. The monoisotopic (exact) mass is 276 g/mol. The second-order valence-corrected chi connectivity index (χ2v) is 5.67. The lowest BCUT2D eigenvalue weighted by molar-refractivity contribution is -0.115. The predicted molar refractivity (Wildman–Crippen MR) is 76.3 cm³/mol. The van der Waals surface area contributed by atoms with Crippen molar-refractivity contribution in [3.8, 4) is 11.5 Å². The molecule has 0 unspecified atom stereocenters. The van der Waals surface area contributed by atoms with E-state index in [1.54, 1.807) is 6.07 Å². The van der Waals surface area contributed by atoms with Gasteiger partial charge in [0.05, 0.1) is 6.54 Å². The minimum Gasteiger partial charge on any atom is -0.486 e. The zero-order valence-corrected chi connectivity index (χ0v) is 11.7. The Morgan fingerprint density at radius 1 is 1.25 bits per heavy atom. The molecule has 0 atom stereocenters. The van der Waals surface area contributed by atoms with Gasteiger partial charge >= 0.3 is 0 Å². The molecular formula is C15H20N2O3. The van der Waals surface area contributed by atoms with Crippen LogP contribution in [0, 0.1) is 0 Å². The molecule has 1 aromatic carbocycles. The summed E-state index contributed by atoms with van der Waals surface area (Å²) < 4.78 is 10.9. The normalized spacial score (nSPS) is 19.1. The van der Waals surface area contributed by atoms with E-state index in [1.807, 2.05) is 12.1 Å². The molecule has 2 N–H and O–H groups in total. The number of carbonyl (C=O) groups is 1. The van der Waals surface area contributed by atoms with E-state index >= 15 is 0 Å². The molecule has 1 heterocycles. The number of ether oxygens (including phenoxy) is 2. The van der Waals surface area contributed by atoms with Gasteiger partial charge in [-0.15, -0.1) is 0 Å². The van der Waals surface area contributed by atoms with Gasteiger partial charge in [-0.25, -0.2) is 0 Å². The summed E-state index contributed by atoms with van der Waals surface area (Å²) in [5.74, 6) is 1.39. The predicted octanol–water partition coefficient (Wildman–Crippen LogP) is 1.93. The van der Waals surface area contributed by atoms with Gasteiger partial charge in [0, 0.05) is 17.3 Å². The molecule has 5 heteroatoms. The molecule has 0 saturated heterocycles. The van der Waals surface area contributed by atoms with Crippen molar-refractivity contribution < 1.29 is 14.3 Å². The minimum absolute atomic E-state index is 0.0326. The van der Waals surface area contributed by atoms with Crippen molar-refractivity contribution in [3.05, 3.63) is 18.2 Å². The molecule has 5 nitrogen and oxygen atoms in total. The molecular weight excluding hydrogens is 256 g/mol. The van der Waals surface area contributed by atoms with Crippen LogP contribution in [-0.4, -0.2) is 31.2 Å². The van der Waals surface area contributed by atoms with Crippen LogP contribution < -0.4 is 20.1 Å². The lowest BCUT2D eigenvalue weighted by Gasteiger charge is -2.39. The summed E-state index contributed by atoms with van der Waals surface area (Å²) in [6.07, 6.45) is 3.53. The topological polar surface area (TPSA) is 59.6 Å². The first-order chi connectivity index (χ1) is 9.65. The van der Waals surface area contributed by atoms with Gasteiger partial charge in [0.25, 0.3) is 0 Å². The summed E-state index contributed by atoms with van der Waals surface area (Å²) in [5, 5.41) is 6.19. The number of rotatable bonds is 4. The minimum atomic E-state index is -0.0326. The molecule has 2 aliphatic rings. The number of nitrogens with one attached hydrogen (secondary N) is 2. The summed E-state index contributed by atoms with van der Waals surface area (Å²) in [4.78, 5) is 11.9. The van der Waals surface area contributed by atoms with E-state index in [1.165, 1.54) is 6.42 Å². The average Bonchev–Trinajstić information content (AvgIpc) is 2.43. The maximum absolute atomic E-state index is 11.9. The Kier molecular flexibility index (Phi) is 3.53. The van der Waals surface area contributed by atoms with E-state index in [0.29, 0.717) is 25.5 Å². The Morgan fingerprint density at radius 2 is 2.00 bits per heavy atom. The van der Waals surface area contributed by atoms with Gasteiger partial charge in [-0.05, 0) is 38.3 Å². The first-order valence-electron chi connectivity index (χ1n) is 7.09. The van der Waals surface area contributed by atoms with E-state index in [-0.39, 0.29) is 11.4 Å². The molecule has 1 fully saturated rings. The highest BCUT2D eigenvalue weighted by atomic mass is 16.6. The van der Waals surface area contributed by atoms with Crippen LogP contribution >= 0.6 is 0 Å². The number of fused-ring (bicyclic) bond motifs is 1. The Morgan fingerprint density at radius 3 is 2.70 bits per heavy atom. The molecule has 0 spiro atoms.